The lowest BCUT2D eigenvalue weighted by atomic mass is 10.0. The minimum Gasteiger partial charge on any atom is -0.481 e. The van der Waals surface area contributed by atoms with Crippen LogP contribution in [0, 0.1) is 16.0 Å². The Balaban J connectivity index is 3.63. The molecular formula is C7H13NO5. The third kappa shape index (κ3) is 7.20. The molecule has 1 atom stereocenters. The lowest BCUT2D eigenvalue weighted by Gasteiger charge is -2.09. The number of rotatable bonds is 7. The largest absolute Gasteiger partial charge is 0.481 e. The summed E-state index contributed by atoms with van der Waals surface area (Å²) in [5.41, 5.74) is 0. The monoisotopic (exact) mass is 191 g/mol. The molecule has 13 heavy (non-hydrogen) atoms. The zero-order valence-corrected chi connectivity index (χ0v) is 7.18. The predicted molar refractivity (Wildman–Crippen MR) is 43.9 cm³/mol. The molecule has 0 aliphatic heterocycles. The molecule has 0 amide bonds. The molecular weight excluding hydrogens is 178 g/mol. The Kier molecular flexibility index (Phi) is 5.79. The number of nitrogens with zero attached hydrogens (tertiary/aromatic N) is 1. The van der Waals surface area contributed by atoms with Crippen LogP contribution in [-0.4, -0.2) is 34.3 Å². The lowest BCUT2D eigenvalue weighted by molar-refractivity contribution is -0.481. The molecule has 0 fully saturated rings. The second kappa shape index (κ2) is 6.36. The van der Waals surface area contributed by atoms with E-state index in [4.69, 9.17) is 10.2 Å². The molecule has 0 aliphatic carbocycles. The highest BCUT2D eigenvalue weighted by Gasteiger charge is 2.12. The van der Waals surface area contributed by atoms with Crippen molar-refractivity contribution in [3.63, 3.8) is 0 Å². The van der Waals surface area contributed by atoms with E-state index in [1.165, 1.54) is 0 Å². The van der Waals surface area contributed by atoms with Gasteiger partial charge in [-0.1, -0.05) is 0 Å². The van der Waals surface area contributed by atoms with Crippen molar-refractivity contribution >= 4 is 5.97 Å². The lowest BCUT2D eigenvalue weighted by Crippen LogP contribution is -2.13. The molecule has 0 aromatic carbocycles. The van der Waals surface area contributed by atoms with Gasteiger partial charge in [-0.25, -0.2) is 0 Å². The quantitative estimate of drug-likeness (QED) is 0.440. The zero-order chi connectivity index (χ0) is 10.3. The van der Waals surface area contributed by atoms with E-state index in [0.29, 0.717) is 6.42 Å². The number of carbonyl (C=O) groups is 1. The molecule has 0 saturated carbocycles. The van der Waals surface area contributed by atoms with Gasteiger partial charge in [-0.3, -0.25) is 14.9 Å². The van der Waals surface area contributed by atoms with Gasteiger partial charge in [0.1, 0.15) is 0 Å². The first kappa shape index (κ1) is 11.8. The van der Waals surface area contributed by atoms with Crippen molar-refractivity contribution in [3.8, 4) is 0 Å². The van der Waals surface area contributed by atoms with E-state index < -0.39 is 10.9 Å². The van der Waals surface area contributed by atoms with Crippen molar-refractivity contribution in [3.05, 3.63) is 10.1 Å². The van der Waals surface area contributed by atoms with E-state index in [2.05, 4.69) is 0 Å². The molecule has 0 aromatic rings. The van der Waals surface area contributed by atoms with Gasteiger partial charge < -0.3 is 10.2 Å². The van der Waals surface area contributed by atoms with E-state index in [0.717, 1.165) is 0 Å². The Labute approximate surface area is 75.3 Å². The highest BCUT2D eigenvalue weighted by atomic mass is 16.6. The molecule has 0 rings (SSSR count). The standard InChI is InChI=1S/C7H13NO5/c9-5-6(1-2-7(10)11)3-4-8(12)13/h6,9H,1-5H2,(H,10,11). The van der Waals surface area contributed by atoms with Gasteiger partial charge >= 0.3 is 5.97 Å². The van der Waals surface area contributed by atoms with Crippen molar-refractivity contribution in [1.82, 2.24) is 0 Å². The molecule has 0 aromatic heterocycles. The fourth-order valence-corrected chi connectivity index (χ4v) is 0.942. The first-order valence-corrected chi connectivity index (χ1v) is 4.00. The third-order valence-electron chi connectivity index (χ3n) is 1.74. The molecule has 0 aliphatic rings. The fraction of sp³-hybridized carbons (Fsp3) is 0.857. The number of carboxylic acid groups (broad SMARTS) is 1. The molecule has 0 radical (unpaired) electrons. The normalized spacial score (nSPS) is 12.4. The predicted octanol–water partition coefficient (Wildman–Crippen LogP) is 0.127. The Morgan fingerprint density at radius 1 is 1.46 bits per heavy atom. The Bertz CT molecular complexity index is 164. The summed E-state index contributed by atoms with van der Waals surface area (Å²) in [6.45, 7) is -0.411. The summed E-state index contributed by atoms with van der Waals surface area (Å²) in [4.78, 5) is 19.6. The van der Waals surface area contributed by atoms with E-state index in [1.807, 2.05) is 0 Å². The topological polar surface area (TPSA) is 101 Å². The van der Waals surface area contributed by atoms with Gasteiger partial charge in [0.25, 0.3) is 0 Å². The third-order valence-corrected chi connectivity index (χ3v) is 1.74. The van der Waals surface area contributed by atoms with E-state index >= 15 is 0 Å². The van der Waals surface area contributed by atoms with Crippen molar-refractivity contribution in [1.29, 1.82) is 0 Å². The summed E-state index contributed by atoms with van der Waals surface area (Å²) in [5.74, 6) is -1.22. The molecule has 0 bridgehead atoms. The minimum absolute atomic E-state index is 0.0526. The number of nitro groups is 1. The smallest absolute Gasteiger partial charge is 0.303 e. The molecule has 1 unspecified atom stereocenters. The first-order chi connectivity index (χ1) is 6.06. The Hall–Kier alpha value is -1.17. The maximum atomic E-state index is 10.1. The van der Waals surface area contributed by atoms with Crippen LogP contribution in [0.3, 0.4) is 0 Å². The minimum atomic E-state index is -0.945. The number of hydrogen-bond acceptors (Lipinski definition) is 4. The van der Waals surface area contributed by atoms with Crippen LogP contribution < -0.4 is 0 Å². The van der Waals surface area contributed by atoms with Gasteiger partial charge in [-0.05, 0) is 12.3 Å². The van der Waals surface area contributed by atoms with Crippen molar-refractivity contribution in [2.75, 3.05) is 13.2 Å². The molecule has 0 heterocycles. The van der Waals surface area contributed by atoms with Crippen LogP contribution in [0.1, 0.15) is 19.3 Å². The maximum absolute atomic E-state index is 10.1. The van der Waals surface area contributed by atoms with Gasteiger partial charge in [0.2, 0.25) is 6.54 Å². The SMILES string of the molecule is O=C(O)CCC(CO)CC[N+](=O)[O-]. The summed E-state index contributed by atoms with van der Waals surface area (Å²) in [6.07, 6.45) is 0.472. The van der Waals surface area contributed by atoms with Crippen molar-refractivity contribution in [2.45, 2.75) is 19.3 Å². The number of aliphatic carboxylic acids is 1. The second-order valence-corrected chi connectivity index (χ2v) is 2.83. The van der Waals surface area contributed by atoms with Crippen LogP contribution in [0.25, 0.3) is 0 Å². The second-order valence-electron chi connectivity index (χ2n) is 2.83. The molecule has 0 saturated heterocycles. The van der Waals surface area contributed by atoms with Crippen LogP contribution in [0.4, 0.5) is 0 Å². The number of aliphatic hydroxyl groups excluding tert-OH is 1. The summed E-state index contributed by atoms with van der Waals surface area (Å²) in [7, 11) is 0. The summed E-state index contributed by atoms with van der Waals surface area (Å²) >= 11 is 0. The van der Waals surface area contributed by atoms with Gasteiger partial charge in [0, 0.05) is 24.4 Å². The van der Waals surface area contributed by atoms with Crippen LogP contribution in [0.2, 0.25) is 0 Å². The summed E-state index contributed by atoms with van der Waals surface area (Å²) in [5, 5.41) is 27.0. The summed E-state index contributed by atoms with van der Waals surface area (Å²) in [6, 6.07) is 0. The van der Waals surface area contributed by atoms with Crippen LogP contribution in [-0.2, 0) is 4.79 Å². The van der Waals surface area contributed by atoms with Crippen molar-refractivity contribution in [2.24, 2.45) is 5.92 Å². The molecule has 0 spiro atoms. The highest BCUT2D eigenvalue weighted by Crippen LogP contribution is 2.10. The Morgan fingerprint density at radius 2 is 2.08 bits per heavy atom. The van der Waals surface area contributed by atoms with E-state index in [9.17, 15) is 14.9 Å². The maximum Gasteiger partial charge on any atom is 0.303 e. The molecule has 6 heteroatoms. The average molecular weight is 191 g/mol. The van der Waals surface area contributed by atoms with E-state index in [1.54, 1.807) is 0 Å². The average Bonchev–Trinajstić information content (AvgIpc) is 2.04. The van der Waals surface area contributed by atoms with Gasteiger partial charge in [-0.2, -0.15) is 0 Å². The van der Waals surface area contributed by atoms with Gasteiger partial charge in [0.15, 0.2) is 0 Å². The molecule has 6 nitrogen and oxygen atoms in total. The van der Waals surface area contributed by atoms with Crippen LogP contribution >= 0.6 is 0 Å². The first-order valence-electron chi connectivity index (χ1n) is 4.00. The fourth-order valence-electron chi connectivity index (χ4n) is 0.942. The van der Waals surface area contributed by atoms with Gasteiger partial charge in [-0.15, -0.1) is 0 Å². The highest BCUT2D eigenvalue weighted by molar-refractivity contribution is 5.66. The van der Waals surface area contributed by atoms with Gasteiger partial charge in [0.05, 0.1) is 0 Å². The van der Waals surface area contributed by atoms with Crippen LogP contribution in [0.15, 0.2) is 0 Å². The number of aliphatic hydroxyl groups is 1. The molecule has 2 N–H and O–H groups in total. The number of hydrogen-bond donors (Lipinski definition) is 2. The summed E-state index contributed by atoms with van der Waals surface area (Å²) < 4.78 is 0. The Morgan fingerprint density at radius 3 is 2.46 bits per heavy atom. The van der Waals surface area contributed by atoms with E-state index in [-0.39, 0.29) is 31.9 Å². The number of carboxylic acids is 1. The zero-order valence-electron chi connectivity index (χ0n) is 7.18. The van der Waals surface area contributed by atoms with Crippen molar-refractivity contribution < 1.29 is 19.9 Å². The van der Waals surface area contributed by atoms with Crippen LogP contribution in [0.5, 0.6) is 0 Å². The molecule has 76 valence electrons.